The van der Waals surface area contributed by atoms with E-state index in [4.69, 9.17) is 47.2 Å². The minimum Gasteiger partial charge on any atom is -0.394 e. The average molecular weight is 711 g/mol. The van der Waals surface area contributed by atoms with Crippen molar-refractivity contribution in [3.8, 4) is 0 Å². The Morgan fingerprint density at radius 2 is 1.11 bits per heavy atom. The lowest BCUT2D eigenvalue weighted by molar-refractivity contribution is -0.372. The molecule has 20 atom stereocenters. The van der Waals surface area contributed by atoms with Gasteiger partial charge in [-0.1, -0.05) is 0 Å². The van der Waals surface area contributed by atoms with E-state index in [0.29, 0.717) is 0 Å². The maximum absolute atomic E-state index is 11.2. The second-order valence-corrected chi connectivity index (χ2v) is 13.0. The van der Waals surface area contributed by atoms with Gasteiger partial charge in [-0.05, 0) is 0 Å². The lowest BCUT2D eigenvalue weighted by Gasteiger charge is -2.47. The first-order valence-corrected chi connectivity index (χ1v) is 16.0. The minimum atomic E-state index is -5.03. The number of aliphatic hydroxyl groups is 9. The Morgan fingerprint density at radius 1 is 0.574 bits per heavy atom. The molecule has 0 aromatic carbocycles. The van der Waals surface area contributed by atoms with Crippen LogP contribution in [0.5, 0.6) is 0 Å². The molecule has 0 aromatic rings. The fraction of sp³-hybridized carbons (Fsp3) is 1.00. The highest BCUT2D eigenvalue weighted by atomic mass is 32.3. The second-order valence-electron chi connectivity index (χ2n) is 11.9. The Morgan fingerprint density at radius 3 is 1.77 bits per heavy atom. The van der Waals surface area contributed by atoms with Crippen molar-refractivity contribution in [3.63, 3.8) is 0 Å². The molecule has 0 unspecified atom stereocenters. The molecule has 272 valence electrons. The van der Waals surface area contributed by atoms with Crippen LogP contribution < -0.4 is 0 Å². The summed E-state index contributed by atoms with van der Waals surface area (Å²) in [5, 5.41) is 94.1. The molecule has 0 spiro atoms. The highest BCUT2D eigenvalue weighted by Gasteiger charge is 2.58. The first kappa shape index (κ1) is 36.0. The number of ether oxygens (including phenoxy) is 9. The van der Waals surface area contributed by atoms with E-state index in [1.807, 2.05) is 0 Å². The zero-order valence-electron chi connectivity index (χ0n) is 24.2. The van der Waals surface area contributed by atoms with Gasteiger partial charge in [0.2, 0.25) is 0 Å². The van der Waals surface area contributed by atoms with Crippen molar-refractivity contribution in [2.75, 3.05) is 26.4 Å². The summed E-state index contributed by atoms with van der Waals surface area (Å²) in [5.74, 6) is 0. The molecule has 0 aromatic heterocycles. The number of rotatable bonds is 10. The van der Waals surface area contributed by atoms with Crippen LogP contribution in [-0.2, 0) is 57.2 Å². The van der Waals surface area contributed by atoms with Gasteiger partial charge < -0.3 is 88.6 Å². The number of hydrogen-bond donors (Lipinski definition) is 10. The van der Waals surface area contributed by atoms with Crippen molar-refractivity contribution >= 4 is 10.4 Å². The normalized spacial score (nSPS) is 53.3. The van der Waals surface area contributed by atoms with Gasteiger partial charge in [0.15, 0.2) is 25.2 Å². The van der Waals surface area contributed by atoms with E-state index in [2.05, 4.69) is 4.18 Å². The molecule has 0 amide bonds. The summed E-state index contributed by atoms with van der Waals surface area (Å²) >= 11 is 0. The predicted molar refractivity (Wildman–Crippen MR) is 138 cm³/mol. The summed E-state index contributed by atoms with van der Waals surface area (Å²) in [7, 11) is -5.03. The first-order chi connectivity index (χ1) is 22.2. The number of hydrogen-bond acceptors (Lipinski definition) is 21. The monoisotopic (exact) mass is 710 g/mol. The van der Waals surface area contributed by atoms with E-state index >= 15 is 0 Å². The Balaban J connectivity index is 1.16. The van der Waals surface area contributed by atoms with Gasteiger partial charge in [0.1, 0.15) is 97.7 Å². The van der Waals surface area contributed by atoms with E-state index < -0.39 is 146 Å². The smallest absolute Gasteiger partial charge is 0.394 e. The van der Waals surface area contributed by atoms with Gasteiger partial charge in [0.05, 0.1) is 26.4 Å². The van der Waals surface area contributed by atoms with Crippen molar-refractivity contribution in [2.24, 2.45) is 0 Å². The standard InChI is InChI=1S/C24H38O22S/c25-1-5-9(26)18(12(29)21(33)40-5)45-24-15(32)20-16(8(43-24)3-38-20)44-23-14(31)19(11(28)7(42-23)4-39-47(34,35)36)46-22-13(30)17-10(27)6(41-22)2-37-17/h5-33H,1-4H2,(H,34,35,36)/t5-,6+,7-,8+,9+,10-,11+,12-,13+,14-,15+,16-,17-,18+,19+,20+,21-,22+,23+,24+/m1/s1. The summed E-state index contributed by atoms with van der Waals surface area (Å²) < 4.78 is 85.8. The fourth-order valence-electron chi connectivity index (χ4n) is 6.42. The molecule has 6 rings (SSSR count). The molecular weight excluding hydrogens is 672 g/mol. The van der Waals surface area contributed by atoms with Crippen LogP contribution in [0.4, 0.5) is 0 Å². The summed E-state index contributed by atoms with van der Waals surface area (Å²) in [6.07, 6.45) is -30.3. The van der Waals surface area contributed by atoms with Crippen LogP contribution in [0.2, 0.25) is 0 Å². The molecule has 6 fully saturated rings. The quantitative estimate of drug-likeness (QED) is 0.0941. The summed E-state index contributed by atoms with van der Waals surface area (Å²) in [6.45, 7) is -2.01. The van der Waals surface area contributed by atoms with E-state index in [1.54, 1.807) is 0 Å². The zero-order chi connectivity index (χ0) is 33.9. The molecule has 0 aliphatic carbocycles. The van der Waals surface area contributed by atoms with Crippen LogP contribution >= 0.6 is 0 Å². The molecular formula is C24H38O22S. The maximum Gasteiger partial charge on any atom is 0.397 e. The van der Waals surface area contributed by atoms with Crippen molar-refractivity contribution in [3.05, 3.63) is 0 Å². The van der Waals surface area contributed by atoms with Gasteiger partial charge in [0, 0.05) is 0 Å². The van der Waals surface area contributed by atoms with Gasteiger partial charge in [-0.15, -0.1) is 0 Å². The molecule has 0 radical (unpaired) electrons. The van der Waals surface area contributed by atoms with E-state index in [-0.39, 0.29) is 13.2 Å². The molecule has 6 aliphatic rings. The van der Waals surface area contributed by atoms with Crippen molar-refractivity contribution in [1.29, 1.82) is 0 Å². The Labute approximate surface area is 265 Å². The van der Waals surface area contributed by atoms with Gasteiger partial charge in [-0.25, -0.2) is 4.18 Å². The molecule has 6 saturated heterocycles. The first-order valence-electron chi connectivity index (χ1n) is 14.7. The molecule has 10 N–H and O–H groups in total. The van der Waals surface area contributed by atoms with Gasteiger partial charge in [-0.2, -0.15) is 8.42 Å². The van der Waals surface area contributed by atoms with E-state index in [0.717, 1.165) is 0 Å². The maximum atomic E-state index is 11.2. The van der Waals surface area contributed by atoms with Gasteiger partial charge in [0.25, 0.3) is 0 Å². The highest BCUT2D eigenvalue weighted by molar-refractivity contribution is 7.80. The molecule has 6 aliphatic heterocycles. The predicted octanol–water partition coefficient (Wildman–Crippen LogP) is -7.83. The Kier molecular flexibility index (Phi) is 10.7. The highest BCUT2D eigenvalue weighted by Crippen LogP contribution is 2.38. The molecule has 4 bridgehead atoms. The van der Waals surface area contributed by atoms with Gasteiger partial charge in [-0.3, -0.25) is 4.55 Å². The summed E-state index contributed by atoms with van der Waals surface area (Å²) in [4.78, 5) is 0. The van der Waals surface area contributed by atoms with Crippen molar-refractivity contribution in [1.82, 2.24) is 0 Å². The van der Waals surface area contributed by atoms with Crippen molar-refractivity contribution in [2.45, 2.75) is 123 Å². The third-order valence-electron chi connectivity index (χ3n) is 8.90. The summed E-state index contributed by atoms with van der Waals surface area (Å²) in [5.41, 5.74) is 0. The average Bonchev–Trinajstić information content (AvgIpc) is 3.47. The Bertz CT molecular complexity index is 1180. The van der Waals surface area contributed by atoms with Gasteiger partial charge >= 0.3 is 10.4 Å². The third-order valence-corrected chi connectivity index (χ3v) is 9.33. The third kappa shape index (κ3) is 7.06. The van der Waals surface area contributed by atoms with Crippen LogP contribution in [0.3, 0.4) is 0 Å². The summed E-state index contributed by atoms with van der Waals surface area (Å²) in [6, 6.07) is 0. The van der Waals surface area contributed by atoms with Crippen LogP contribution in [-0.4, -0.2) is 208 Å². The van der Waals surface area contributed by atoms with Crippen LogP contribution in [0, 0.1) is 0 Å². The lowest BCUT2D eigenvalue weighted by atomic mass is 9.96. The molecule has 22 nitrogen and oxygen atoms in total. The number of fused-ring (bicyclic) bond motifs is 4. The largest absolute Gasteiger partial charge is 0.397 e. The topological polar surface area (TPSA) is 329 Å². The minimum absolute atomic E-state index is 0.0786. The fourth-order valence-corrected chi connectivity index (χ4v) is 6.72. The van der Waals surface area contributed by atoms with E-state index in [9.17, 15) is 54.4 Å². The molecule has 23 heteroatoms. The van der Waals surface area contributed by atoms with Crippen LogP contribution in [0.1, 0.15) is 0 Å². The number of aliphatic hydroxyl groups excluding tert-OH is 9. The van der Waals surface area contributed by atoms with E-state index in [1.165, 1.54) is 0 Å². The van der Waals surface area contributed by atoms with Crippen molar-refractivity contribution < 1.29 is 106 Å². The van der Waals surface area contributed by atoms with Crippen LogP contribution in [0.15, 0.2) is 0 Å². The zero-order valence-corrected chi connectivity index (χ0v) is 25.0. The second kappa shape index (κ2) is 14.0. The molecule has 6 heterocycles. The Hall–Kier alpha value is -0.850. The lowest BCUT2D eigenvalue weighted by Crippen LogP contribution is -2.66. The van der Waals surface area contributed by atoms with Crippen LogP contribution in [0.25, 0.3) is 0 Å². The molecule has 47 heavy (non-hydrogen) atoms. The molecule has 0 saturated carbocycles. The SMILES string of the molecule is O=S(=O)(O)OC[C@H]1O[C@@H](O[C@H]2[C@H]3OC[C@@H]2O[C@@H](O[C@@H]2[C@@H](O)[C@H](O)O[C@H](CO)[C@@H]2O)[C@H]3O)[C@H](O)[C@@H](O[C@@H]2O[C@H]3CO[C@@H]([C@@H]2O)[C@@H]3O)[C@H]1O.